The molecule has 1 heterocycles. The number of nitrogens with one attached hydrogen (secondary N) is 1. The van der Waals surface area contributed by atoms with Crippen molar-refractivity contribution in [3.05, 3.63) is 35.9 Å². The highest BCUT2D eigenvalue weighted by Gasteiger charge is 2.39. The van der Waals surface area contributed by atoms with Crippen molar-refractivity contribution in [1.29, 1.82) is 0 Å². The zero-order valence-electron chi connectivity index (χ0n) is 12.7. The number of benzene rings is 1. The van der Waals surface area contributed by atoms with Crippen molar-refractivity contribution in [2.24, 2.45) is 0 Å². The van der Waals surface area contributed by atoms with E-state index >= 15 is 0 Å². The van der Waals surface area contributed by atoms with Gasteiger partial charge in [-0.2, -0.15) is 0 Å². The molecule has 1 saturated heterocycles. The molecule has 0 radical (unpaired) electrons. The number of nitrogens with zero attached hydrogens (tertiary/aromatic N) is 1. The Labute approximate surface area is 125 Å². The fraction of sp³-hybridized carbons (Fsp3) is 0.562. The summed E-state index contributed by atoms with van der Waals surface area (Å²) in [6.45, 7) is 3.29. The van der Waals surface area contributed by atoms with E-state index in [0.717, 1.165) is 6.54 Å². The molecule has 3 unspecified atom stereocenters. The fourth-order valence-corrected chi connectivity index (χ4v) is 2.96. The van der Waals surface area contributed by atoms with Gasteiger partial charge < -0.3 is 15.2 Å². The van der Waals surface area contributed by atoms with Crippen molar-refractivity contribution in [3.8, 4) is 0 Å². The highest BCUT2D eigenvalue weighted by Crippen LogP contribution is 2.26. The molecule has 116 valence electrons. The van der Waals surface area contributed by atoms with Gasteiger partial charge in [0.05, 0.1) is 18.8 Å². The Bertz CT molecular complexity index is 452. The van der Waals surface area contributed by atoms with E-state index in [4.69, 9.17) is 4.74 Å². The normalized spacial score (nSPS) is 26.0. The zero-order chi connectivity index (χ0) is 15.2. The summed E-state index contributed by atoms with van der Waals surface area (Å²) in [6, 6.07) is 10.3. The molecule has 0 aliphatic carbocycles. The molecule has 0 bridgehead atoms. The maximum atomic E-state index is 11.1. The molecule has 2 N–H and O–H groups in total. The van der Waals surface area contributed by atoms with Gasteiger partial charge in [-0.05, 0) is 12.0 Å². The van der Waals surface area contributed by atoms with Gasteiger partial charge in [-0.1, -0.05) is 30.3 Å². The molecule has 1 amide bonds. The van der Waals surface area contributed by atoms with Crippen LogP contribution in [0.15, 0.2) is 30.3 Å². The predicted molar refractivity (Wildman–Crippen MR) is 80.7 cm³/mol. The minimum atomic E-state index is -0.444. The van der Waals surface area contributed by atoms with E-state index in [1.807, 2.05) is 18.2 Å². The Morgan fingerprint density at radius 2 is 2.14 bits per heavy atom. The molecule has 5 nitrogen and oxygen atoms in total. The minimum Gasteiger partial charge on any atom is -0.391 e. The molecule has 1 aliphatic rings. The van der Waals surface area contributed by atoms with E-state index in [0.29, 0.717) is 19.6 Å². The Balaban J connectivity index is 2.10. The largest absolute Gasteiger partial charge is 0.391 e. The first kappa shape index (κ1) is 15.9. The van der Waals surface area contributed by atoms with Gasteiger partial charge in [0.1, 0.15) is 0 Å². The topological polar surface area (TPSA) is 61.8 Å². The van der Waals surface area contributed by atoms with Crippen molar-refractivity contribution < 1.29 is 14.6 Å². The van der Waals surface area contributed by atoms with Crippen LogP contribution >= 0.6 is 0 Å². The van der Waals surface area contributed by atoms with Gasteiger partial charge >= 0.3 is 0 Å². The fourth-order valence-electron chi connectivity index (χ4n) is 2.96. The summed E-state index contributed by atoms with van der Waals surface area (Å²) >= 11 is 0. The lowest BCUT2D eigenvalue weighted by Crippen LogP contribution is -2.46. The number of carbonyl (C=O) groups excluding carboxylic acids is 1. The van der Waals surface area contributed by atoms with Crippen molar-refractivity contribution in [2.45, 2.75) is 38.1 Å². The molecule has 2 rings (SSSR count). The van der Waals surface area contributed by atoms with Crippen LogP contribution in [0.25, 0.3) is 0 Å². The van der Waals surface area contributed by atoms with E-state index in [1.54, 1.807) is 7.11 Å². The summed E-state index contributed by atoms with van der Waals surface area (Å²) in [4.78, 5) is 13.4. The van der Waals surface area contributed by atoms with Gasteiger partial charge in [0.15, 0.2) is 0 Å². The zero-order valence-corrected chi connectivity index (χ0v) is 12.7. The summed E-state index contributed by atoms with van der Waals surface area (Å²) in [6.07, 6.45) is 0.228. The van der Waals surface area contributed by atoms with Gasteiger partial charge in [0.2, 0.25) is 5.91 Å². The first-order valence-corrected chi connectivity index (χ1v) is 7.33. The van der Waals surface area contributed by atoms with Gasteiger partial charge in [0, 0.05) is 33.2 Å². The van der Waals surface area contributed by atoms with Crippen molar-refractivity contribution in [3.63, 3.8) is 0 Å². The molecule has 1 fully saturated rings. The van der Waals surface area contributed by atoms with Crippen LogP contribution in [0, 0.1) is 0 Å². The van der Waals surface area contributed by atoms with Crippen LogP contribution < -0.4 is 5.32 Å². The Hall–Kier alpha value is -1.43. The summed E-state index contributed by atoms with van der Waals surface area (Å²) in [5.74, 6) is -0.0722. The monoisotopic (exact) mass is 292 g/mol. The van der Waals surface area contributed by atoms with Crippen LogP contribution in [0.4, 0.5) is 0 Å². The van der Waals surface area contributed by atoms with Crippen LogP contribution in [-0.4, -0.2) is 54.4 Å². The maximum absolute atomic E-state index is 11.1. The van der Waals surface area contributed by atoms with Gasteiger partial charge in [-0.15, -0.1) is 0 Å². The molecule has 21 heavy (non-hydrogen) atoms. The predicted octanol–water partition coefficient (Wildman–Crippen LogP) is 0.773. The average molecular weight is 292 g/mol. The van der Waals surface area contributed by atoms with Crippen LogP contribution in [0.1, 0.15) is 18.9 Å². The number of carbonyl (C=O) groups is 1. The first-order chi connectivity index (χ1) is 10.1. The molecule has 1 aromatic carbocycles. The third-order valence-electron chi connectivity index (χ3n) is 3.98. The number of methoxy groups -OCH3 is 1. The molecular weight excluding hydrogens is 268 g/mol. The quantitative estimate of drug-likeness (QED) is 0.813. The molecule has 5 heteroatoms. The van der Waals surface area contributed by atoms with Crippen LogP contribution in [0.2, 0.25) is 0 Å². The number of aliphatic hydroxyl groups is 1. The van der Waals surface area contributed by atoms with E-state index < -0.39 is 6.10 Å². The number of rotatable bonds is 6. The number of amides is 1. The molecule has 1 aliphatic heterocycles. The Morgan fingerprint density at radius 1 is 1.43 bits per heavy atom. The van der Waals surface area contributed by atoms with E-state index in [9.17, 15) is 9.90 Å². The van der Waals surface area contributed by atoms with E-state index in [1.165, 1.54) is 12.5 Å². The second-order valence-electron chi connectivity index (χ2n) is 5.57. The lowest BCUT2D eigenvalue weighted by Gasteiger charge is -2.30. The molecule has 0 spiro atoms. The standard InChI is InChI=1S/C16H24N2O3/c1-12(19)17-9-15-16(20)8-14(11-21-2)18(15)10-13-6-4-3-5-7-13/h3-7,14-16,20H,8-11H2,1-2H3,(H,17,19). The van der Waals surface area contributed by atoms with Crippen LogP contribution in [0.5, 0.6) is 0 Å². The summed E-state index contributed by atoms with van der Waals surface area (Å²) in [5, 5.41) is 13.1. The van der Waals surface area contributed by atoms with E-state index in [-0.39, 0.29) is 18.0 Å². The van der Waals surface area contributed by atoms with E-state index in [2.05, 4.69) is 22.3 Å². The molecule has 0 saturated carbocycles. The Kier molecular flexibility index (Phi) is 5.73. The van der Waals surface area contributed by atoms with Crippen LogP contribution in [-0.2, 0) is 16.1 Å². The highest BCUT2D eigenvalue weighted by molar-refractivity contribution is 5.72. The summed E-state index contributed by atoms with van der Waals surface area (Å²) < 4.78 is 5.28. The van der Waals surface area contributed by atoms with Crippen molar-refractivity contribution in [1.82, 2.24) is 10.2 Å². The second kappa shape index (κ2) is 7.54. The maximum Gasteiger partial charge on any atom is 0.216 e. The number of hydrogen-bond acceptors (Lipinski definition) is 4. The third kappa shape index (κ3) is 4.27. The van der Waals surface area contributed by atoms with Gasteiger partial charge in [0.25, 0.3) is 0 Å². The first-order valence-electron chi connectivity index (χ1n) is 7.33. The summed E-state index contributed by atoms with van der Waals surface area (Å²) in [5.41, 5.74) is 1.19. The highest BCUT2D eigenvalue weighted by atomic mass is 16.5. The molecule has 0 aromatic heterocycles. The lowest BCUT2D eigenvalue weighted by molar-refractivity contribution is -0.119. The number of aliphatic hydroxyl groups excluding tert-OH is 1. The molecule has 3 atom stereocenters. The van der Waals surface area contributed by atoms with Crippen molar-refractivity contribution in [2.75, 3.05) is 20.3 Å². The number of likely N-dealkylation sites (tertiary alicyclic amines) is 1. The number of hydrogen-bond donors (Lipinski definition) is 2. The number of ether oxygens (including phenoxy) is 1. The smallest absolute Gasteiger partial charge is 0.216 e. The van der Waals surface area contributed by atoms with Gasteiger partial charge in [-0.25, -0.2) is 0 Å². The third-order valence-corrected chi connectivity index (χ3v) is 3.98. The molecule has 1 aromatic rings. The van der Waals surface area contributed by atoms with Gasteiger partial charge in [-0.3, -0.25) is 9.69 Å². The molecular formula is C16H24N2O3. The lowest BCUT2D eigenvalue weighted by atomic mass is 10.1. The Morgan fingerprint density at radius 3 is 2.76 bits per heavy atom. The average Bonchev–Trinajstić information content (AvgIpc) is 2.74. The van der Waals surface area contributed by atoms with Crippen LogP contribution in [0.3, 0.4) is 0 Å². The summed E-state index contributed by atoms with van der Waals surface area (Å²) in [7, 11) is 1.67. The van der Waals surface area contributed by atoms with Crippen molar-refractivity contribution >= 4 is 5.91 Å². The minimum absolute atomic E-state index is 0.0722. The SMILES string of the molecule is COCC1CC(O)C(CNC(C)=O)N1Cc1ccccc1. The second-order valence-corrected chi connectivity index (χ2v) is 5.57.